The van der Waals surface area contributed by atoms with Crippen molar-refractivity contribution in [3.05, 3.63) is 36.4 Å². The zero-order chi connectivity index (χ0) is 17.0. The van der Waals surface area contributed by atoms with E-state index in [0.717, 1.165) is 16.5 Å². The molecule has 2 aromatic heterocycles. The first-order chi connectivity index (χ1) is 12.3. The molecule has 3 aliphatic carbocycles. The first-order valence-corrected chi connectivity index (χ1v) is 9.00. The Balaban J connectivity index is 1.55. The number of aryl methyl sites for hydroxylation is 1. The fourth-order valence-electron chi connectivity index (χ4n) is 4.93. The normalized spacial score (nSPS) is 28.7. The van der Waals surface area contributed by atoms with E-state index in [1.54, 1.807) is 0 Å². The summed E-state index contributed by atoms with van der Waals surface area (Å²) in [4.78, 5) is 10.1. The fourth-order valence-corrected chi connectivity index (χ4v) is 4.93. The van der Waals surface area contributed by atoms with Crippen LogP contribution in [-0.4, -0.2) is 20.8 Å². The maximum Gasteiger partial charge on any atom is 0.233 e. The molecule has 2 N–H and O–H groups in total. The van der Waals surface area contributed by atoms with Gasteiger partial charge in [-0.2, -0.15) is 4.98 Å². The smallest absolute Gasteiger partial charge is 0.233 e. The molecule has 3 saturated carbocycles. The average Bonchev–Trinajstić information content (AvgIpc) is 3.27. The Labute approximate surface area is 145 Å². The van der Waals surface area contributed by atoms with E-state index in [1.807, 2.05) is 19.2 Å². The third kappa shape index (κ3) is 2.24. The Morgan fingerprint density at radius 2 is 1.92 bits per heavy atom. The minimum atomic E-state index is -0.00619. The van der Waals surface area contributed by atoms with Crippen molar-refractivity contribution < 1.29 is 9.36 Å². The van der Waals surface area contributed by atoms with Crippen molar-refractivity contribution in [1.29, 1.82) is 0 Å². The van der Waals surface area contributed by atoms with E-state index in [-0.39, 0.29) is 12.0 Å². The third-order valence-electron chi connectivity index (χ3n) is 6.16. The number of hydrogen-bond acceptors (Lipinski definition) is 5. The van der Waals surface area contributed by atoms with E-state index in [4.69, 9.17) is 20.2 Å². The van der Waals surface area contributed by atoms with Crippen LogP contribution in [-0.2, 0) is 11.9 Å². The molecule has 130 valence electrons. The molecule has 0 amide bonds. The molecule has 2 heterocycles. The van der Waals surface area contributed by atoms with Crippen molar-refractivity contribution in [1.82, 2.24) is 14.7 Å². The summed E-state index contributed by atoms with van der Waals surface area (Å²) >= 11 is 0. The molecule has 6 heteroatoms. The third-order valence-corrected chi connectivity index (χ3v) is 6.16. The molecule has 3 aliphatic rings. The van der Waals surface area contributed by atoms with Crippen LogP contribution in [0.5, 0.6) is 0 Å². The van der Waals surface area contributed by atoms with Gasteiger partial charge in [0.15, 0.2) is 0 Å². The van der Waals surface area contributed by atoms with Crippen LogP contribution < -0.4 is 5.90 Å². The lowest BCUT2D eigenvalue weighted by atomic mass is 9.63. The average molecular weight is 338 g/mol. The van der Waals surface area contributed by atoms with Crippen LogP contribution in [0.4, 0.5) is 0 Å². The van der Waals surface area contributed by atoms with Crippen molar-refractivity contribution in [2.24, 2.45) is 24.8 Å². The van der Waals surface area contributed by atoms with Gasteiger partial charge in [0.2, 0.25) is 11.7 Å². The number of para-hydroxylation sites is 1. The molecule has 1 aromatic carbocycles. The summed E-state index contributed by atoms with van der Waals surface area (Å²) in [6.45, 7) is 0. The van der Waals surface area contributed by atoms with Gasteiger partial charge in [-0.1, -0.05) is 23.4 Å². The number of benzene rings is 1. The van der Waals surface area contributed by atoms with Crippen molar-refractivity contribution >= 4 is 10.9 Å². The number of rotatable bonds is 3. The fraction of sp³-hybridized carbons (Fsp3) is 0.474. The van der Waals surface area contributed by atoms with Gasteiger partial charge in [0, 0.05) is 29.7 Å². The highest BCUT2D eigenvalue weighted by atomic mass is 16.6. The second-order valence-electron chi connectivity index (χ2n) is 7.43. The lowest BCUT2D eigenvalue weighted by Gasteiger charge is -2.45. The number of hydrogen-bond donors (Lipinski definition) is 1. The van der Waals surface area contributed by atoms with Crippen molar-refractivity contribution in [3.63, 3.8) is 0 Å². The summed E-state index contributed by atoms with van der Waals surface area (Å²) in [6.07, 6.45) is 6.82. The minimum Gasteiger partial charge on any atom is -0.350 e. The van der Waals surface area contributed by atoms with Crippen molar-refractivity contribution in [2.75, 3.05) is 0 Å². The van der Waals surface area contributed by atoms with Crippen molar-refractivity contribution in [3.8, 4) is 11.4 Å². The highest BCUT2D eigenvalue weighted by Crippen LogP contribution is 2.50. The molecule has 2 unspecified atom stereocenters. The molecule has 2 bridgehead atoms. The van der Waals surface area contributed by atoms with Crippen LogP contribution >= 0.6 is 0 Å². The van der Waals surface area contributed by atoms with Gasteiger partial charge in [-0.3, -0.25) is 0 Å². The quantitative estimate of drug-likeness (QED) is 0.741. The van der Waals surface area contributed by atoms with Crippen LogP contribution in [0.1, 0.15) is 37.5 Å². The lowest BCUT2D eigenvalue weighted by Crippen LogP contribution is -2.45. The van der Waals surface area contributed by atoms with Crippen LogP contribution in [0.25, 0.3) is 22.3 Å². The second kappa shape index (κ2) is 5.68. The second-order valence-corrected chi connectivity index (χ2v) is 7.43. The zero-order valence-corrected chi connectivity index (χ0v) is 14.3. The number of nitrogens with zero attached hydrogens (tertiary/aromatic N) is 3. The van der Waals surface area contributed by atoms with Gasteiger partial charge < -0.3 is 13.9 Å². The molecular weight excluding hydrogens is 316 g/mol. The Bertz CT molecular complexity index is 907. The predicted molar refractivity (Wildman–Crippen MR) is 93.5 cm³/mol. The van der Waals surface area contributed by atoms with E-state index in [2.05, 4.69) is 28.1 Å². The van der Waals surface area contributed by atoms with Crippen LogP contribution in [0, 0.1) is 11.8 Å². The molecule has 3 aromatic rings. The molecule has 6 nitrogen and oxygen atoms in total. The SMILES string of the molecule is Cn1cc(-c2noc(C3C4CCC(CC4)C3ON)n2)c2ccccc21. The summed E-state index contributed by atoms with van der Waals surface area (Å²) in [5.74, 6) is 8.09. The molecule has 0 saturated heterocycles. The molecule has 2 atom stereocenters. The van der Waals surface area contributed by atoms with Gasteiger partial charge in [0.1, 0.15) is 0 Å². The number of aromatic nitrogens is 3. The molecule has 0 spiro atoms. The van der Waals surface area contributed by atoms with Crippen LogP contribution in [0.2, 0.25) is 0 Å². The first-order valence-electron chi connectivity index (χ1n) is 9.00. The van der Waals surface area contributed by atoms with Crippen LogP contribution in [0.3, 0.4) is 0 Å². The molecule has 0 aliphatic heterocycles. The summed E-state index contributed by atoms with van der Waals surface area (Å²) < 4.78 is 7.79. The van der Waals surface area contributed by atoms with Gasteiger partial charge in [0.05, 0.1) is 12.0 Å². The van der Waals surface area contributed by atoms with Gasteiger partial charge in [-0.15, -0.1) is 0 Å². The Hall–Kier alpha value is -2.18. The van der Waals surface area contributed by atoms with Gasteiger partial charge in [0.25, 0.3) is 0 Å². The standard InChI is InChI=1S/C19H22N4O2/c1-23-10-14(13-4-2-3-5-15(13)23)18-21-19(25-22-18)16-11-6-8-12(9-7-11)17(16)24-20/h2-5,10-12,16-17H,6-9,20H2,1H3. The summed E-state index contributed by atoms with van der Waals surface area (Å²) in [7, 11) is 2.03. The highest BCUT2D eigenvalue weighted by Gasteiger charge is 2.47. The summed E-state index contributed by atoms with van der Waals surface area (Å²) in [5, 5.41) is 5.42. The van der Waals surface area contributed by atoms with E-state index in [9.17, 15) is 0 Å². The van der Waals surface area contributed by atoms with E-state index in [0.29, 0.717) is 23.6 Å². The highest BCUT2D eigenvalue weighted by molar-refractivity contribution is 5.94. The van der Waals surface area contributed by atoms with E-state index < -0.39 is 0 Å². The van der Waals surface area contributed by atoms with Crippen molar-refractivity contribution in [2.45, 2.75) is 37.7 Å². The minimum absolute atomic E-state index is 0.00619. The molecule has 0 radical (unpaired) electrons. The van der Waals surface area contributed by atoms with E-state index >= 15 is 0 Å². The molecule has 6 rings (SSSR count). The summed E-state index contributed by atoms with van der Waals surface area (Å²) in [5.41, 5.74) is 2.16. The predicted octanol–water partition coefficient (Wildman–Crippen LogP) is 3.39. The van der Waals surface area contributed by atoms with Gasteiger partial charge >= 0.3 is 0 Å². The van der Waals surface area contributed by atoms with Gasteiger partial charge in [-0.25, -0.2) is 5.90 Å². The topological polar surface area (TPSA) is 79.1 Å². The monoisotopic (exact) mass is 338 g/mol. The molecular formula is C19H22N4O2. The summed E-state index contributed by atoms with van der Waals surface area (Å²) in [6, 6.07) is 8.26. The zero-order valence-electron chi connectivity index (χ0n) is 14.3. The number of fused-ring (bicyclic) bond motifs is 4. The largest absolute Gasteiger partial charge is 0.350 e. The maximum atomic E-state index is 5.70. The maximum absolute atomic E-state index is 5.70. The number of nitrogens with two attached hydrogens (primary N) is 1. The Morgan fingerprint density at radius 1 is 1.16 bits per heavy atom. The van der Waals surface area contributed by atoms with Crippen LogP contribution in [0.15, 0.2) is 35.0 Å². The first kappa shape index (κ1) is 15.1. The van der Waals surface area contributed by atoms with Gasteiger partial charge in [-0.05, 0) is 43.6 Å². The Morgan fingerprint density at radius 3 is 2.72 bits per heavy atom. The lowest BCUT2D eigenvalue weighted by molar-refractivity contribution is -0.0812. The Kier molecular flexibility index (Phi) is 3.43. The molecule has 3 fully saturated rings. The van der Waals surface area contributed by atoms with E-state index in [1.165, 1.54) is 25.7 Å². The molecule has 25 heavy (non-hydrogen) atoms.